The molecule has 0 unspecified atom stereocenters. The molecule has 0 spiro atoms. The van der Waals surface area contributed by atoms with Crippen molar-refractivity contribution in [3.05, 3.63) is 35.7 Å². The van der Waals surface area contributed by atoms with Gasteiger partial charge in [0, 0.05) is 12.1 Å². The van der Waals surface area contributed by atoms with Crippen molar-refractivity contribution in [1.29, 1.82) is 0 Å². The Labute approximate surface area is 174 Å². The third-order valence-electron chi connectivity index (χ3n) is 3.50. The molecular weight excluding hydrogens is 418 g/mol. The van der Waals surface area contributed by atoms with E-state index >= 15 is 0 Å². The van der Waals surface area contributed by atoms with Gasteiger partial charge in [0.2, 0.25) is 11.0 Å². The van der Waals surface area contributed by atoms with Gasteiger partial charge in [-0.2, -0.15) is 0 Å². The Kier molecular flexibility index (Phi) is 6.67. The smallest absolute Gasteiger partial charge is 0.279 e. The first-order valence-electron chi connectivity index (χ1n) is 8.21. The summed E-state index contributed by atoms with van der Waals surface area (Å²) in [5.41, 5.74) is 0.687. The van der Waals surface area contributed by atoms with E-state index in [1.807, 2.05) is 0 Å². The Hall–Kier alpha value is -3.12. The van der Waals surface area contributed by atoms with Gasteiger partial charge < -0.3 is 19.3 Å². The molecule has 152 valence electrons. The van der Waals surface area contributed by atoms with Crippen LogP contribution in [-0.2, 0) is 4.79 Å². The second-order valence-electron chi connectivity index (χ2n) is 5.55. The quantitative estimate of drug-likeness (QED) is 0.405. The molecule has 10 nitrogen and oxygen atoms in total. The van der Waals surface area contributed by atoms with Crippen LogP contribution in [0.25, 0.3) is 0 Å². The first-order chi connectivity index (χ1) is 14.0. The van der Waals surface area contributed by atoms with Crippen LogP contribution >= 0.6 is 23.1 Å². The fourth-order valence-electron chi connectivity index (χ4n) is 2.17. The second-order valence-corrected chi connectivity index (χ2v) is 7.75. The molecule has 2 heterocycles. The highest BCUT2D eigenvalue weighted by molar-refractivity contribution is 8.01. The van der Waals surface area contributed by atoms with Crippen molar-refractivity contribution in [2.45, 2.75) is 11.3 Å². The molecular formula is C17H17N5O5S2. The van der Waals surface area contributed by atoms with Gasteiger partial charge in [0.15, 0.2) is 10.0 Å². The molecule has 2 aromatic heterocycles. The molecule has 0 atom stereocenters. The number of carbonyl (C=O) groups is 2. The highest BCUT2D eigenvalue weighted by Gasteiger charge is 2.15. The van der Waals surface area contributed by atoms with Crippen LogP contribution in [0.3, 0.4) is 0 Å². The number of nitrogens with one attached hydrogen (secondary N) is 2. The Morgan fingerprint density at radius 2 is 2.00 bits per heavy atom. The fourth-order valence-corrected chi connectivity index (χ4v) is 3.72. The number of hydrogen-bond donors (Lipinski definition) is 2. The number of carbonyl (C=O) groups excluding carboxylic acids is 2. The predicted octanol–water partition coefficient (Wildman–Crippen LogP) is 2.83. The van der Waals surface area contributed by atoms with Gasteiger partial charge in [-0.05, 0) is 19.1 Å². The summed E-state index contributed by atoms with van der Waals surface area (Å²) in [5, 5.41) is 17.1. The lowest BCUT2D eigenvalue weighted by molar-refractivity contribution is -0.113. The van der Waals surface area contributed by atoms with Crippen molar-refractivity contribution >= 4 is 45.7 Å². The lowest BCUT2D eigenvalue weighted by Gasteiger charge is -2.11. The molecule has 12 heteroatoms. The number of hydrogen-bond acceptors (Lipinski definition) is 10. The standard InChI is InChI=1S/C17H17N5O5S2/c1-9-6-12(22-27-9)15(24)19-16-20-21-17(29-16)28-8-14(23)18-11-5-4-10(25-2)7-13(11)26-3/h4-7H,8H2,1-3H3,(H,18,23)(H,19,20,24). The van der Waals surface area contributed by atoms with E-state index in [0.29, 0.717) is 32.4 Å². The minimum absolute atomic E-state index is 0.111. The first kappa shape index (κ1) is 20.6. The molecule has 0 aliphatic heterocycles. The Morgan fingerprint density at radius 3 is 2.69 bits per heavy atom. The summed E-state index contributed by atoms with van der Waals surface area (Å²) in [6, 6.07) is 6.62. The van der Waals surface area contributed by atoms with E-state index in [0.717, 1.165) is 11.3 Å². The van der Waals surface area contributed by atoms with Crippen LogP contribution in [0.5, 0.6) is 11.5 Å². The van der Waals surface area contributed by atoms with Gasteiger partial charge in [0.1, 0.15) is 17.3 Å². The largest absolute Gasteiger partial charge is 0.497 e. The third kappa shape index (κ3) is 5.45. The molecule has 0 aliphatic carbocycles. The number of ether oxygens (including phenoxy) is 2. The van der Waals surface area contributed by atoms with E-state index in [1.54, 1.807) is 32.2 Å². The van der Waals surface area contributed by atoms with E-state index in [4.69, 9.17) is 14.0 Å². The molecule has 1 aromatic carbocycles. The lowest BCUT2D eigenvalue weighted by atomic mass is 10.2. The maximum Gasteiger partial charge on any atom is 0.279 e. The van der Waals surface area contributed by atoms with Crippen LogP contribution in [0.4, 0.5) is 10.8 Å². The van der Waals surface area contributed by atoms with Gasteiger partial charge in [-0.15, -0.1) is 10.2 Å². The van der Waals surface area contributed by atoms with Crippen LogP contribution in [0.2, 0.25) is 0 Å². The van der Waals surface area contributed by atoms with E-state index in [9.17, 15) is 9.59 Å². The van der Waals surface area contributed by atoms with Crippen molar-refractivity contribution in [3.8, 4) is 11.5 Å². The Bertz CT molecular complexity index is 1020. The number of nitrogens with zero attached hydrogens (tertiary/aromatic N) is 3. The molecule has 0 bridgehead atoms. The molecule has 2 N–H and O–H groups in total. The average Bonchev–Trinajstić information content (AvgIpc) is 3.35. The Morgan fingerprint density at radius 1 is 1.17 bits per heavy atom. The maximum absolute atomic E-state index is 12.2. The highest BCUT2D eigenvalue weighted by Crippen LogP contribution is 2.30. The molecule has 0 saturated carbocycles. The van der Waals surface area contributed by atoms with Crippen molar-refractivity contribution in [2.24, 2.45) is 0 Å². The number of aryl methyl sites for hydroxylation is 1. The number of benzene rings is 1. The van der Waals surface area contributed by atoms with Crippen LogP contribution in [0, 0.1) is 6.92 Å². The van der Waals surface area contributed by atoms with Crippen LogP contribution < -0.4 is 20.1 Å². The molecule has 0 saturated heterocycles. The van der Waals surface area contributed by atoms with E-state index in [2.05, 4.69) is 26.0 Å². The van der Waals surface area contributed by atoms with Crippen LogP contribution in [0.15, 0.2) is 33.1 Å². The maximum atomic E-state index is 12.2. The fraction of sp³-hybridized carbons (Fsp3) is 0.235. The third-order valence-corrected chi connectivity index (χ3v) is 5.47. The number of amides is 2. The van der Waals surface area contributed by atoms with E-state index < -0.39 is 5.91 Å². The predicted molar refractivity (Wildman–Crippen MR) is 108 cm³/mol. The molecule has 3 rings (SSSR count). The minimum atomic E-state index is -0.445. The van der Waals surface area contributed by atoms with Crippen molar-refractivity contribution in [1.82, 2.24) is 15.4 Å². The van der Waals surface area contributed by atoms with E-state index in [-0.39, 0.29) is 17.4 Å². The minimum Gasteiger partial charge on any atom is -0.497 e. The zero-order valence-electron chi connectivity index (χ0n) is 15.7. The number of aromatic nitrogens is 3. The summed E-state index contributed by atoms with van der Waals surface area (Å²) < 4.78 is 15.8. The summed E-state index contributed by atoms with van der Waals surface area (Å²) in [6.07, 6.45) is 0. The topological polar surface area (TPSA) is 128 Å². The van der Waals surface area contributed by atoms with E-state index in [1.165, 1.54) is 24.9 Å². The SMILES string of the molecule is COc1ccc(NC(=O)CSc2nnc(NC(=O)c3cc(C)on3)s2)c(OC)c1. The van der Waals surface area contributed by atoms with Crippen LogP contribution in [-0.4, -0.2) is 47.1 Å². The molecule has 29 heavy (non-hydrogen) atoms. The van der Waals surface area contributed by atoms with Crippen molar-refractivity contribution < 1.29 is 23.6 Å². The van der Waals surface area contributed by atoms with Gasteiger partial charge in [0.05, 0.1) is 25.7 Å². The molecule has 3 aromatic rings. The summed E-state index contributed by atoms with van der Waals surface area (Å²) in [5.74, 6) is 1.07. The zero-order chi connectivity index (χ0) is 20.8. The molecule has 0 radical (unpaired) electrons. The normalized spacial score (nSPS) is 10.4. The number of rotatable bonds is 8. The molecule has 0 fully saturated rings. The Balaban J connectivity index is 1.53. The van der Waals surface area contributed by atoms with Gasteiger partial charge in [-0.3, -0.25) is 14.9 Å². The monoisotopic (exact) mass is 435 g/mol. The lowest BCUT2D eigenvalue weighted by Crippen LogP contribution is -2.14. The summed E-state index contributed by atoms with van der Waals surface area (Å²) in [4.78, 5) is 24.3. The molecule has 0 aliphatic rings. The highest BCUT2D eigenvalue weighted by atomic mass is 32.2. The summed E-state index contributed by atoms with van der Waals surface area (Å²) in [6.45, 7) is 1.69. The van der Waals surface area contributed by atoms with Gasteiger partial charge >= 0.3 is 0 Å². The number of thioether (sulfide) groups is 1. The van der Waals surface area contributed by atoms with Crippen LogP contribution in [0.1, 0.15) is 16.2 Å². The van der Waals surface area contributed by atoms with Crippen molar-refractivity contribution in [2.75, 3.05) is 30.6 Å². The van der Waals surface area contributed by atoms with Gasteiger partial charge in [-0.1, -0.05) is 28.3 Å². The number of anilines is 2. The molecule has 2 amide bonds. The zero-order valence-corrected chi connectivity index (χ0v) is 17.3. The average molecular weight is 435 g/mol. The van der Waals surface area contributed by atoms with Gasteiger partial charge in [-0.25, -0.2) is 0 Å². The van der Waals surface area contributed by atoms with Crippen molar-refractivity contribution in [3.63, 3.8) is 0 Å². The first-order valence-corrected chi connectivity index (χ1v) is 10.0. The number of methoxy groups -OCH3 is 2. The van der Waals surface area contributed by atoms with Gasteiger partial charge in [0.25, 0.3) is 5.91 Å². The second kappa shape index (κ2) is 9.39. The summed E-state index contributed by atoms with van der Waals surface area (Å²) >= 11 is 2.35. The summed E-state index contributed by atoms with van der Waals surface area (Å²) in [7, 11) is 3.06.